The Labute approximate surface area is 46.1 Å². The molecule has 48 valence electrons. The van der Waals surface area contributed by atoms with Crippen molar-refractivity contribution in [3.63, 3.8) is 0 Å². The number of nitrogens with one attached hydrogen (secondary N) is 1. The van der Waals surface area contributed by atoms with Crippen molar-refractivity contribution in [1.82, 2.24) is 5.43 Å². The molecule has 0 unspecified atom stereocenters. The minimum atomic E-state index is -0.0626. The molecule has 0 aromatic rings. The van der Waals surface area contributed by atoms with Crippen LogP contribution in [0.5, 0.6) is 0 Å². The van der Waals surface area contributed by atoms with Gasteiger partial charge in [0.25, 0.3) is 0 Å². The zero-order valence-electron chi connectivity index (χ0n) is 4.24. The topological polar surface area (TPSA) is 96.7 Å². The van der Waals surface area contributed by atoms with Gasteiger partial charge in [0, 0.05) is 6.54 Å². The Bertz CT molecular complexity index is 82.1. The van der Waals surface area contributed by atoms with E-state index in [9.17, 15) is 5.21 Å². The van der Waals surface area contributed by atoms with Gasteiger partial charge in [0.2, 0.25) is 5.28 Å². The van der Waals surface area contributed by atoms with Gasteiger partial charge >= 0.3 is 0 Å². The average molecular weight is 120 g/mol. The third-order valence-electron chi connectivity index (χ3n) is 0.473. The summed E-state index contributed by atoms with van der Waals surface area (Å²) in [5.74, 6) is 0. The van der Waals surface area contributed by atoms with Crippen LogP contribution in [0.2, 0.25) is 0 Å². The van der Waals surface area contributed by atoms with Gasteiger partial charge in [-0.2, -0.15) is 5.43 Å². The van der Waals surface area contributed by atoms with Crippen LogP contribution >= 0.6 is 0 Å². The fourth-order valence-corrected chi connectivity index (χ4v) is 0.192. The summed E-state index contributed by atoms with van der Waals surface area (Å²) in [7, 11) is 0. The SMILES string of the molecule is NCCN[N+]([O-])=NO. The molecule has 0 aromatic carbocycles. The van der Waals surface area contributed by atoms with E-state index in [1.54, 1.807) is 0 Å². The molecule has 0 rings (SSSR count). The van der Waals surface area contributed by atoms with Crippen molar-refractivity contribution in [3.05, 3.63) is 5.21 Å². The Morgan fingerprint density at radius 2 is 2.50 bits per heavy atom. The summed E-state index contributed by atoms with van der Waals surface area (Å²) in [5, 5.41) is 19.8. The molecule has 0 aromatic heterocycles. The molecule has 0 saturated carbocycles. The maximum atomic E-state index is 9.90. The van der Waals surface area contributed by atoms with E-state index in [0.717, 1.165) is 0 Å². The van der Waals surface area contributed by atoms with Crippen LogP contribution in [0.15, 0.2) is 5.28 Å². The van der Waals surface area contributed by atoms with Gasteiger partial charge in [-0.1, -0.05) is 0 Å². The van der Waals surface area contributed by atoms with Crippen molar-refractivity contribution in [2.45, 2.75) is 0 Å². The minimum Gasteiger partial charge on any atom is -0.569 e. The lowest BCUT2D eigenvalue weighted by atomic mass is 10.7. The standard InChI is InChI=1S/C2H8N4O2/c3-1-2-4-6(8)5-7/h7H,1-3H2,(H,4,5). The Hall–Kier alpha value is -1.04. The third-order valence-corrected chi connectivity index (χ3v) is 0.473. The third kappa shape index (κ3) is 3.16. The monoisotopic (exact) mass is 120 g/mol. The van der Waals surface area contributed by atoms with E-state index in [2.05, 4.69) is 10.7 Å². The van der Waals surface area contributed by atoms with Crippen LogP contribution in [0.1, 0.15) is 0 Å². The van der Waals surface area contributed by atoms with Crippen LogP contribution in [0, 0.1) is 5.21 Å². The van der Waals surface area contributed by atoms with Crippen molar-refractivity contribution in [3.8, 4) is 0 Å². The van der Waals surface area contributed by atoms with Crippen LogP contribution < -0.4 is 11.2 Å². The molecule has 0 bridgehead atoms. The fraction of sp³-hybridized carbons (Fsp3) is 1.00. The maximum absolute atomic E-state index is 9.90. The predicted molar refractivity (Wildman–Crippen MR) is 24.9 cm³/mol. The van der Waals surface area contributed by atoms with Gasteiger partial charge in [0.1, 0.15) is 0 Å². The van der Waals surface area contributed by atoms with E-state index in [1.165, 1.54) is 0 Å². The summed E-state index contributed by atoms with van der Waals surface area (Å²) in [6.07, 6.45) is 0. The molecule has 8 heavy (non-hydrogen) atoms. The van der Waals surface area contributed by atoms with Crippen LogP contribution in [0.25, 0.3) is 0 Å². The highest BCUT2D eigenvalue weighted by atomic mass is 16.6. The van der Waals surface area contributed by atoms with E-state index in [1.807, 2.05) is 0 Å². The van der Waals surface area contributed by atoms with E-state index >= 15 is 0 Å². The quantitative estimate of drug-likeness (QED) is 0.247. The number of hydrogen-bond donors (Lipinski definition) is 3. The van der Waals surface area contributed by atoms with E-state index in [0.29, 0.717) is 13.1 Å². The molecule has 0 spiro atoms. The molecular formula is C2H8N4O2. The first kappa shape index (κ1) is 6.96. The lowest BCUT2D eigenvalue weighted by molar-refractivity contribution is -0.611. The summed E-state index contributed by atoms with van der Waals surface area (Å²) < 4.78 is 0. The zero-order valence-corrected chi connectivity index (χ0v) is 4.24. The first-order chi connectivity index (χ1) is 3.81. The van der Waals surface area contributed by atoms with Gasteiger partial charge in [-0.15, -0.1) is 0 Å². The lowest BCUT2D eigenvalue weighted by Crippen LogP contribution is -2.28. The van der Waals surface area contributed by atoms with Crippen LogP contribution in [-0.4, -0.2) is 23.3 Å². The molecule has 0 aliphatic rings. The molecule has 4 N–H and O–H groups in total. The second-order valence-corrected chi connectivity index (χ2v) is 1.06. The highest BCUT2D eigenvalue weighted by molar-refractivity contribution is 4.29. The first-order valence-corrected chi connectivity index (χ1v) is 2.07. The number of hydrogen-bond acceptors (Lipinski definition) is 3. The molecule has 0 atom stereocenters. The normalized spacial score (nSPS) is 11.4. The highest BCUT2D eigenvalue weighted by Crippen LogP contribution is 1.60. The molecule has 0 aliphatic heterocycles. The number of nitrogens with zero attached hydrogens (tertiary/aromatic N) is 2. The van der Waals surface area contributed by atoms with Crippen molar-refractivity contribution in [1.29, 1.82) is 0 Å². The predicted octanol–water partition coefficient (Wildman–Crippen LogP) is -1.20. The summed E-state index contributed by atoms with van der Waals surface area (Å²) >= 11 is 0. The van der Waals surface area contributed by atoms with Crippen molar-refractivity contribution in [2.24, 2.45) is 11.0 Å². The fourth-order valence-electron chi connectivity index (χ4n) is 0.192. The Morgan fingerprint density at radius 1 is 1.88 bits per heavy atom. The summed E-state index contributed by atoms with van der Waals surface area (Å²) in [6.45, 7) is 0.627. The number of rotatable bonds is 3. The second-order valence-electron chi connectivity index (χ2n) is 1.06. The van der Waals surface area contributed by atoms with Crippen LogP contribution in [-0.2, 0) is 0 Å². The molecular weight excluding hydrogens is 112 g/mol. The molecule has 6 nitrogen and oxygen atoms in total. The number of nitrogens with two attached hydrogens (primary N) is 1. The van der Waals surface area contributed by atoms with Gasteiger partial charge in [-0.05, 0) is 0 Å². The van der Waals surface area contributed by atoms with E-state index in [4.69, 9.17) is 10.9 Å². The van der Waals surface area contributed by atoms with E-state index < -0.39 is 0 Å². The van der Waals surface area contributed by atoms with Crippen molar-refractivity contribution in [2.75, 3.05) is 13.1 Å². The van der Waals surface area contributed by atoms with Crippen molar-refractivity contribution < 1.29 is 10.2 Å². The molecule has 0 saturated heterocycles. The molecule has 6 heteroatoms. The minimum absolute atomic E-state index is 0.0626. The smallest absolute Gasteiger partial charge is 0.230 e. The molecule has 0 amide bonds. The van der Waals surface area contributed by atoms with Crippen LogP contribution in [0.4, 0.5) is 0 Å². The first-order valence-electron chi connectivity index (χ1n) is 2.07. The second kappa shape index (κ2) is 4.13. The summed E-state index contributed by atoms with van der Waals surface area (Å²) in [6, 6.07) is 0. The molecule has 0 fully saturated rings. The Kier molecular flexibility index (Phi) is 3.59. The van der Waals surface area contributed by atoms with Gasteiger partial charge in [0.05, 0.1) is 11.5 Å². The zero-order chi connectivity index (χ0) is 6.41. The Balaban J connectivity index is 3.12. The van der Waals surface area contributed by atoms with Crippen LogP contribution in [0.3, 0.4) is 0 Å². The summed E-state index contributed by atoms with van der Waals surface area (Å²) in [5.41, 5.74) is 7.10. The lowest BCUT2D eigenvalue weighted by Gasteiger charge is -1.95. The van der Waals surface area contributed by atoms with Gasteiger partial charge in [-0.3, -0.25) is 0 Å². The Morgan fingerprint density at radius 3 is 2.88 bits per heavy atom. The van der Waals surface area contributed by atoms with Gasteiger partial charge < -0.3 is 16.1 Å². The summed E-state index contributed by atoms with van der Waals surface area (Å²) in [4.78, 5) is -0.0626. The number of hydrazine groups is 1. The maximum Gasteiger partial charge on any atom is 0.230 e. The largest absolute Gasteiger partial charge is 0.569 e. The van der Waals surface area contributed by atoms with Gasteiger partial charge in [0.15, 0.2) is 0 Å². The average Bonchev–Trinajstić information content (AvgIpc) is 1.83. The van der Waals surface area contributed by atoms with Gasteiger partial charge in [-0.25, -0.2) is 0 Å². The highest BCUT2D eigenvalue weighted by Gasteiger charge is 1.86. The molecule has 0 aliphatic carbocycles. The van der Waals surface area contributed by atoms with E-state index in [-0.39, 0.29) is 4.97 Å². The molecule has 0 heterocycles. The molecule has 0 radical (unpaired) electrons. The van der Waals surface area contributed by atoms with Crippen molar-refractivity contribution >= 4 is 0 Å².